The molecule has 2 heterocycles. The number of hydrogen-bond acceptors (Lipinski definition) is 2. The molecule has 0 spiro atoms. The average molecular weight is 292 g/mol. The molecular formula is C16H22ClN3. The zero-order valence-electron chi connectivity index (χ0n) is 12.3. The Morgan fingerprint density at radius 2 is 2.25 bits per heavy atom. The lowest BCUT2D eigenvalue weighted by Crippen LogP contribution is -2.36. The van der Waals surface area contributed by atoms with Crippen molar-refractivity contribution in [2.24, 2.45) is 0 Å². The highest BCUT2D eigenvalue weighted by atomic mass is 35.5. The summed E-state index contributed by atoms with van der Waals surface area (Å²) in [5.41, 5.74) is 3.58. The van der Waals surface area contributed by atoms with Crippen LogP contribution >= 0.6 is 11.6 Å². The Bertz CT molecular complexity index is 605. The molecule has 1 aromatic heterocycles. The van der Waals surface area contributed by atoms with Crippen molar-refractivity contribution in [3.63, 3.8) is 0 Å². The Hall–Kier alpha value is -1.06. The first-order valence-corrected chi connectivity index (χ1v) is 8.02. The first-order valence-electron chi connectivity index (χ1n) is 7.49. The van der Waals surface area contributed by atoms with Crippen LogP contribution in [-0.2, 0) is 5.88 Å². The molecule has 1 atom stereocenters. The molecule has 20 heavy (non-hydrogen) atoms. The van der Waals surface area contributed by atoms with Gasteiger partial charge in [-0.25, -0.2) is 4.98 Å². The van der Waals surface area contributed by atoms with Crippen LogP contribution in [0.5, 0.6) is 0 Å². The largest absolute Gasteiger partial charge is 0.323 e. The molecule has 1 fully saturated rings. The van der Waals surface area contributed by atoms with Gasteiger partial charge in [0.25, 0.3) is 0 Å². The van der Waals surface area contributed by atoms with E-state index >= 15 is 0 Å². The Morgan fingerprint density at radius 1 is 1.40 bits per heavy atom. The molecule has 0 amide bonds. The Labute approximate surface area is 125 Å². The fraction of sp³-hybridized carbons (Fsp3) is 0.562. The molecule has 0 radical (unpaired) electrons. The molecule has 0 bridgehead atoms. The van der Waals surface area contributed by atoms with Crippen LogP contribution in [0.1, 0.15) is 37.2 Å². The van der Waals surface area contributed by atoms with Gasteiger partial charge in [-0.05, 0) is 44.5 Å². The van der Waals surface area contributed by atoms with Crippen molar-refractivity contribution in [2.75, 3.05) is 19.6 Å². The molecule has 1 aromatic carbocycles. The summed E-state index contributed by atoms with van der Waals surface area (Å²) in [5.74, 6) is 1.50. The number of aryl methyl sites for hydroxylation is 1. The van der Waals surface area contributed by atoms with Crippen molar-refractivity contribution in [3.05, 3.63) is 29.6 Å². The molecule has 1 unspecified atom stereocenters. The summed E-state index contributed by atoms with van der Waals surface area (Å²) < 4.78 is 2.39. The number of nitrogens with zero attached hydrogens (tertiary/aromatic N) is 3. The van der Waals surface area contributed by atoms with E-state index in [1.807, 2.05) is 0 Å². The molecule has 0 saturated carbocycles. The van der Waals surface area contributed by atoms with Gasteiger partial charge in [-0.15, -0.1) is 11.6 Å². The van der Waals surface area contributed by atoms with Crippen molar-refractivity contribution < 1.29 is 0 Å². The molecule has 1 saturated heterocycles. The number of aromatic nitrogens is 2. The van der Waals surface area contributed by atoms with Crippen LogP contribution in [0, 0.1) is 6.92 Å². The first-order chi connectivity index (χ1) is 9.74. The molecule has 2 aromatic rings. The van der Waals surface area contributed by atoms with Gasteiger partial charge in [-0.2, -0.15) is 0 Å². The van der Waals surface area contributed by atoms with E-state index in [-0.39, 0.29) is 0 Å². The number of likely N-dealkylation sites (N-methyl/N-ethyl adjacent to an activating group) is 1. The highest BCUT2D eigenvalue weighted by Crippen LogP contribution is 2.29. The fourth-order valence-corrected chi connectivity index (χ4v) is 3.52. The fourth-order valence-electron chi connectivity index (χ4n) is 3.34. The Morgan fingerprint density at radius 3 is 3.00 bits per heavy atom. The summed E-state index contributed by atoms with van der Waals surface area (Å²) in [6.45, 7) is 7.81. The molecule has 3 nitrogen and oxygen atoms in total. The monoisotopic (exact) mass is 291 g/mol. The summed E-state index contributed by atoms with van der Waals surface area (Å²) >= 11 is 6.15. The maximum absolute atomic E-state index is 6.15. The summed E-state index contributed by atoms with van der Waals surface area (Å²) in [6.07, 6.45) is 2.48. The van der Waals surface area contributed by atoms with E-state index in [1.54, 1.807) is 0 Å². The van der Waals surface area contributed by atoms with Crippen LogP contribution in [0.15, 0.2) is 18.2 Å². The van der Waals surface area contributed by atoms with Crippen molar-refractivity contribution in [1.29, 1.82) is 0 Å². The van der Waals surface area contributed by atoms with Crippen LogP contribution < -0.4 is 0 Å². The molecule has 108 valence electrons. The van der Waals surface area contributed by atoms with Gasteiger partial charge in [0.15, 0.2) is 0 Å². The highest BCUT2D eigenvalue weighted by Gasteiger charge is 2.24. The average Bonchev–Trinajstić information content (AvgIpc) is 2.87. The lowest BCUT2D eigenvalue weighted by atomic mass is 10.0. The van der Waals surface area contributed by atoms with E-state index in [1.165, 1.54) is 30.5 Å². The van der Waals surface area contributed by atoms with E-state index in [4.69, 9.17) is 16.6 Å². The normalized spacial score (nSPS) is 20.6. The minimum atomic E-state index is 0.483. The zero-order valence-corrected chi connectivity index (χ0v) is 13.0. The quantitative estimate of drug-likeness (QED) is 0.803. The van der Waals surface area contributed by atoms with Crippen LogP contribution in [0.2, 0.25) is 0 Å². The second kappa shape index (κ2) is 5.74. The number of likely N-dealkylation sites (tertiary alicyclic amines) is 1. The van der Waals surface area contributed by atoms with Gasteiger partial charge in [-0.3, -0.25) is 0 Å². The SMILES string of the molecule is CCN1CCCC(n2c(CCl)nc3c(C)cccc32)C1. The third-order valence-corrected chi connectivity index (χ3v) is 4.65. The second-order valence-corrected chi connectivity index (χ2v) is 5.93. The predicted molar refractivity (Wildman–Crippen MR) is 84.4 cm³/mol. The minimum Gasteiger partial charge on any atom is -0.323 e. The second-order valence-electron chi connectivity index (χ2n) is 5.66. The van der Waals surface area contributed by atoms with Crippen LogP contribution in [0.4, 0.5) is 0 Å². The van der Waals surface area contributed by atoms with E-state index < -0.39 is 0 Å². The van der Waals surface area contributed by atoms with Crippen molar-refractivity contribution >= 4 is 22.6 Å². The lowest BCUT2D eigenvalue weighted by molar-refractivity contribution is 0.186. The van der Waals surface area contributed by atoms with Crippen LogP contribution in [0.3, 0.4) is 0 Å². The van der Waals surface area contributed by atoms with Gasteiger partial charge in [0.05, 0.1) is 16.9 Å². The molecule has 1 aliphatic rings. The Balaban J connectivity index is 2.07. The minimum absolute atomic E-state index is 0.483. The van der Waals surface area contributed by atoms with Gasteiger partial charge >= 0.3 is 0 Å². The molecule has 0 N–H and O–H groups in total. The predicted octanol–water partition coefficient (Wildman–Crippen LogP) is 3.74. The van der Waals surface area contributed by atoms with E-state index in [0.29, 0.717) is 11.9 Å². The third kappa shape index (κ3) is 2.33. The van der Waals surface area contributed by atoms with Gasteiger partial charge in [0.2, 0.25) is 0 Å². The molecule has 4 heteroatoms. The molecular weight excluding hydrogens is 270 g/mol. The number of para-hydroxylation sites is 1. The summed E-state index contributed by atoms with van der Waals surface area (Å²) in [4.78, 5) is 7.29. The van der Waals surface area contributed by atoms with Crippen LogP contribution in [0.25, 0.3) is 11.0 Å². The maximum Gasteiger partial charge on any atom is 0.125 e. The number of imidazole rings is 1. The molecule has 3 rings (SSSR count). The van der Waals surface area contributed by atoms with Gasteiger partial charge in [0, 0.05) is 12.6 Å². The number of hydrogen-bond donors (Lipinski definition) is 0. The standard InChI is InChI=1S/C16H22ClN3/c1-3-19-9-5-7-13(11-19)20-14-8-4-6-12(2)16(14)18-15(20)10-17/h4,6,8,13H,3,5,7,9-11H2,1-2H3. The number of halogens is 1. The van der Waals surface area contributed by atoms with Gasteiger partial charge < -0.3 is 9.47 Å². The van der Waals surface area contributed by atoms with Crippen LogP contribution in [-0.4, -0.2) is 34.1 Å². The number of piperidine rings is 1. The topological polar surface area (TPSA) is 21.1 Å². The van der Waals surface area contributed by atoms with Gasteiger partial charge in [0.1, 0.15) is 5.82 Å². The smallest absolute Gasteiger partial charge is 0.125 e. The lowest BCUT2D eigenvalue weighted by Gasteiger charge is -2.33. The summed E-state index contributed by atoms with van der Waals surface area (Å²) in [7, 11) is 0. The zero-order chi connectivity index (χ0) is 14.1. The van der Waals surface area contributed by atoms with Crippen molar-refractivity contribution in [2.45, 2.75) is 38.6 Å². The van der Waals surface area contributed by atoms with Crippen molar-refractivity contribution in [3.8, 4) is 0 Å². The number of benzene rings is 1. The third-order valence-electron chi connectivity index (χ3n) is 4.41. The summed E-state index contributed by atoms with van der Waals surface area (Å²) in [5, 5.41) is 0. The van der Waals surface area contributed by atoms with Gasteiger partial charge in [-0.1, -0.05) is 19.1 Å². The van der Waals surface area contributed by atoms with E-state index in [9.17, 15) is 0 Å². The molecule has 0 aliphatic carbocycles. The Kier molecular flexibility index (Phi) is 3.99. The number of fused-ring (bicyclic) bond motifs is 1. The summed E-state index contributed by atoms with van der Waals surface area (Å²) in [6, 6.07) is 6.92. The van der Waals surface area contributed by atoms with Crippen molar-refractivity contribution in [1.82, 2.24) is 14.5 Å². The maximum atomic E-state index is 6.15. The molecule has 1 aliphatic heterocycles. The number of rotatable bonds is 3. The van der Waals surface area contributed by atoms with E-state index in [0.717, 1.165) is 24.4 Å². The highest BCUT2D eigenvalue weighted by molar-refractivity contribution is 6.16. The van der Waals surface area contributed by atoms with E-state index in [2.05, 4.69) is 41.5 Å². The number of alkyl halides is 1. The first kappa shape index (κ1) is 13.9.